The molecule has 31 heavy (non-hydrogen) atoms. The number of nitrogens with zero attached hydrogens (tertiary/aromatic N) is 2. The second-order valence-corrected chi connectivity index (χ2v) is 6.91. The summed E-state index contributed by atoms with van der Waals surface area (Å²) in [6.07, 6.45) is 3.17. The van der Waals surface area contributed by atoms with Gasteiger partial charge in [-0.05, 0) is 48.0 Å². The number of anilines is 1. The first-order valence-electron chi connectivity index (χ1n) is 9.61. The lowest BCUT2D eigenvalue weighted by molar-refractivity contribution is 0.102. The highest BCUT2D eigenvalue weighted by Gasteiger charge is 2.09. The van der Waals surface area contributed by atoms with Crippen LogP contribution in [0.3, 0.4) is 0 Å². The first-order valence-corrected chi connectivity index (χ1v) is 9.61. The van der Waals surface area contributed by atoms with E-state index >= 15 is 0 Å². The molecule has 1 N–H and O–H groups in total. The largest absolute Gasteiger partial charge is 0.489 e. The zero-order valence-electron chi connectivity index (χ0n) is 16.5. The third kappa shape index (κ3) is 5.33. The van der Waals surface area contributed by atoms with E-state index in [1.54, 1.807) is 65.5 Å². The van der Waals surface area contributed by atoms with Crippen molar-refractivity contribution in [3.63, 3.8) is 0 Å². The Morgan fingerprint density at radius 1 is 0.968 bits per heavy atom. The molecular weight excluding hydrogens is 400 g/mol. The molecule has 0 aliphatic carbocycles. The van der Waals surface area contributed by atoms with Gasteiger partial charge in [0.2, 0.25) is 0 Å². The standard InChI is InChI=1S/C24H19F2N3O2/c25-20-9-11-22(12-10-20)31-16-17-5-7-18(8-6-17)24(30)28-21-13-27-29(15-21)14-19-3-1-2-4-23(19)26/h1-13,15H,14,16H2,(H,28,30). The predicted octanol–water partition coefficient (Wildman–Crippen LogP) is 5.04. The van der Waals surface area contributed by atoms with Gasteiger partial charge in [-0.25, -0.2) is 8.78 Å². The number of hydrogen-bond donors (Lipinski definition) is 1. The van der Waals surface area contributed by atoms with E-state index in [4.69, 9.17) is 4.74 Å². The molecule has 4 rings (SSSR count). The van der Waals surface area contributed by atoms with Gasteiger partial charge in [0.05, 0.1) is 18.4 Å². The van der Waals surface area contributed by atoms with Gasteiger partial charge >= 0.3 is 0 Å². The minimum Gasteiger partial charge on any atom is -0.489 e. The first kappa shape index (κ1) is 20.3. The highest BCUT2D eigenvalue weighted by Crippen LogP contribution is 2.15. The van der Waals surface area contributed by atoms with Crippen LogP contribution in [-0.2, 0) is 13.2 Å². The lowest BCUT2D eigenvalue weighted by atomic mass is 10.1. The Labute approximate surface area is 177 Å². The number of rotatable bonds is 7. The Hall–Kier alpha value is -4.00. The Kier molecular flexibility index (Phi) is 6.03. The van der Waals surface area contributed by atoms with Crippen LogP contribution in [0.1, 0.15) is 21.5 Å². The van der Waals surface area contributed by atoms with Crippen LogP contribution in [0.4, 0.5) is 14.5 Å². The second-order valence-electron chi connectivity index (χ2n) is 6.91. The number of halogens is 2. The van der Waals surface area contributed by atoms with Crippen molar-refractivity contribution in [2.75, 3.05) is 5.32 Å². The second kappa shape index (κ2) is 9.21. The Morgan fingerprint density at radius 3 is 2.45 bits per heavy atom. The van der Waals surface area contributed by atoms with Crippen LogP contribution < -0.4 is 10.1 Å². The number of aromatic nitrogens is 2. The number of hydrogen-bond acceptors (Lipinski definition) is 3. The number of nitrogens with one attached hydrogen (secondary N) is 1. The number of ether oxygens (including phenoxy) is 1. The smallest absolute Gasteiger partial charge is 0.255 e. The molecule has 0 saturated carbocycles. The van der Waals surface area contributed by atoms with E-state index < -0.39 is 0 Å². The van der Waals surface area contributed by atoms with Gasteiger partial charge in [-0.1, -0.05) is 30.3 Å². The van der Waals surface area contributed by atoms with Gasteiger partial charge in [-0.15, -0.1) is 0 Å². The van der Waals surface area contributed by atoms with Crippen molar-refractivity contribution in [3.05, 3.63) is 114 Å². The van der Waals surface area contributed by atoms with Crippen LogP contribution in [0.5, 0.6) is 5.75 Å². The van der Waals surface area contributed by atoms with Gasteiger partial charge in [0.15, 0.2) is 0 Å². The van der Waals surface area contributed by atoms with Crippen LogP contribution in [0.15, 0.2) is 85.2 Å². The van der Waals surface area contributed by atoms with Crippen molar-refractivity contribution < 1.29 is 18.3 Å². The number of carbonyl (C=O) groups is 1. The van der Waals surface area contributed by atoms with Gasteiger partial charge in [0, 0.05) is 17.3 Å². The monoisotopic (exact) mass is 419 g/mol. The number of carbonyl (C=O) groups excluding carboxylic acids is 1. The Bertz CT molecular complexity index is 1170. The normalized spacial score (nSPS) is 10.6. The molecule has 4 aromatic rings. The quantitative estimate of drug-likeness (QED) is 0.457. The summed E-state index contributed by atoms with van der Waals surface area (Å²) in [5.41, 5.74) is 2.39. The maximum Gasteiger partial charge on any atom is 0.255 e. The summed E-state index contributed by atoms with van der Waals surface area (Å²) in [7, 11) is 0. The van der Waals surface area contributed by atoms with Gasteiger partial charge in [-0.2, -0.15) is 5.10 Å². The summed E-state index contributed by atoms with van der Waals surface area (Å²) in [5.74, 6) is -0.334. The van der Waals surface area contributed by atoms with Crippen molar-refractivity contribution in [2.45, 2.75) is 13.2 Å². The van der Waals surface area contributed by atoms with Crippen molar-refractivity contribution in [1.29, 1.82) is 0 Å². The Morgan fingerprint density at radius 2 is 1.71 bits per heavy atom. The van der Waals surface area contributed by atoms with Gasteiger partial charge in [0.1, 0.15) is 24.0 Å². The lowest BCUT2D eigenvalue weighted by Crippen LogP contribution is -2.11. The molecule has 0 aliphatic heterocycles. The zero-order valence-corrected chi connectivity index (χ0v) is 16.5. The molecule has 0 fully saturated rings. The number of amides is 1. The fourth-order valence-corrected chi connectivity index (χ4v) is 2.97. The Balaban J connectivity index is 1.33. The number of benzene rings is 3. The molecule has 156 valence electrons. The average Bonchev–Trinajstić information content (AvgIpc) is 3.22. The van der Waals surface area contributed by atoms with E-state index in [9.17, 15) is 13.6 Å². The molecule has 7 heteroatoms. The maximum atomic E-state index is 13.8. The fraction of sp³-hybridized carbons (Fsp3) is 0.0833. The summed E-state index contributed by atoms with van der Waals surface area (Å²) < 4.78 is 33.9. The summed E-state index contributed by atoms with van der Waals surface area (Å²) in [6.45, 7) is 0.571. The predicted molar refractivity (Wildman–Crippen MR) is 113 cm³/mol. The van der Waals surface area contributed by atoms with Gasteiger partial charge in [-0.3, -0.25) is 9.48 Å². The van der Waals surface area contributed by atoms with Crippen molar-refractivity contribution in [2.24, 2.45) is 0 Å². The SMILES string of the molecule is O=C(Nc1cnn(Cc2ccccc2F)c1)c1ccc(COc2ccc(F)cc2)cc1. The van der Waals surface area contributed by atoms with E-state index in [-0.39, 0.29) is 24.1 Å². The van der Waals surface area contributed by atoms with E-state index in [1.165, 1.54) is 24.4 Å². The van der Waals surface area contributed by atoms with Crippen LogP contribution in [-0.4, -0.2) is 15.7 Å². The maximum absolute atomic E-state index is 13.8. The highest BCUT2D eigenvalue weighted by atomic mass is 19.1. The molecule has 1 aromatic heterocycles. The van der Waals surface area contributed by atoms with Crippen molar-refractivity contribution >= 4 is 11.6 Å². The minimum atomic E-state index is -0.319. The average molecular weight is 419 g/mol. The summed E-state index contributed by atoms with van der Waals surface area (Å²) >= 11 is 0. The van der Waals surface area contributed by atoms with E-state index in [1.807, 2.05) is 0 Å². The minimum absolute atomic E-state index is 0.269. The van der Waals surface area contributed by atoms with E-state index in [0.717, 1.165) is 5.56 Å². The van der Waals surface area contributed by atoms with E-state index in [2.05, 4.69) is 10.4 Å². The third-order valence-corrected chi connectivity index (χ3v) is 4.62. The van der Waals surface area contributed by atoms with Crippen LogP contribution in [0.25, 0.3) is 0 Å². The van der Waals surface area contributed by atoms with Crippen LogP contribution in [0.2, 0.25) is 0 Å². The first-order chi connectivity index (χ1) is 15.1. The van der Waals surface area contributed by atoms with Crippen LogP contribution >= 0.6 is 0 Å². The highest BCUT2D eigenvalue weighted by molar-refractivity contribution is 6.04. The molecule has 0 bridgehead atoms. The molecule has 0 saturated heterocycles. The van der Waals surface area contributed by atoms with Crippen molar-refractivity contribution in [3.8, 4) is 5.75 Å². The lowest BCUT2D eigenvalue weighted by Gasteiger charge is -2.07. The zero-order chi connectivity index (χ0) is 21.6. The van der Waals surface area contributed by atoms with Crippen molar-refractivity contribution in [1.82, 2.24) is 9.78 Å². The molecule has 3 aromatic carbocycles. The summed E-state index contributed by atoms with van der Waals surface area (Å²) in [6, 6.07) is 19.2. The van der Waals surface area contributed by atoms with E-state index in [0.29, 0.717) is 29.2 Å². The topological polar surface area (TPSA) is 56.2 Å². The summed E-state index contributed by atoms with van der Waals surface area (Å²) in [4.78, 5) is 12.5. The molecule has 0 atom stereocenters. The third-order valence-electron chi connectivity index (χ3n) is 4.62. The van der Waals surface area contributed by atoms with Gasteiger partial charge in [0.25, 0.3) is 5.91 Å². The molecule has 1 amide bonds. The molecule has 1 heterocycles. The molecule has 0 aliphatic rings. The fourth-order valence-electron chi connectivity index (χ4n) is 2.97. The molecule has 0 unspecified atom stereocenters. The molecule has 0 radical (unpaired) electrons. The van der Waals surface area contributed by atoms with Crippen LogP contribution in [0, 0.1) is 11.6 Å². The van der Waals surface area contributed by atoms with Gasteiger partial charge < -0.3 is 10.1 Å². The summed E-state index contributed by atoms with van der Waals surface area (Å²) in [5, 5.41) is 6.95. The molecular formula is C24H19F2N3O2. The molecule has 5 nitrogen and oxygen atoms in total. The molecule has 0 spiro atoms.